The number of nitrogens with one attached hydrogen (secondary N) is 2. The quantitative estimate of drug-likeness (QED) is 0.735. The van der Waals surface area contributed by atoms with Gasteiger partial charge >= 0.3 is 0 Å². The molecule has 0 saturated carbocycles. The average molecular weight is 272 g/mol. The van der Waals surface area contributed by atoms with Crippen molar-refractivity contribution in [3.63, 3.8) is 0 Å². The van der Waals surface area contributed by atoms with E-state index in [0.29, 0.717) is 23.8 Å². The summed E-state index contributed by atoms with van der Waals surface area (Å²) in [5, 5.41) is 14.6. The molecule has 18 heavy (non-hydrogen) atoms. The van der Waals surface area contributed by atoms with Gasteiger partial charge in [-0.15, -0.1) is 0 Å². The molecule has 0 atom stereocenters. The fourth-order valence-corrected chi connectivity index (χ4v) is 1.42. The lowest BCUT2D eigenvalue weighted by Crippen LogP contribution is -2.36. The Morgan fingerprint density at radius 1 is 1.33 bits per heavy atom. The molecule has 1 aromatic rings. The number of rotatable bonds is 4. The van der Waals surface area contributed by atoms with Gasteiger partial charge in [0.25, 0.3) is 0 Å². The Bertz CT molecular complexity index is 372. The molecule has 0 amide bonds. The second kappa shape index (κ2) is 9.79. The lowest BCUT2D eigenvalue weighted by Gasteiger charge is -2.10. The molecule has 0 aliphatic heterocycles. The molecular formula is C13H21FN2OS. The first-order valence-electron chi connectivity index (χ1n) is 6.01. The third-order valence-corrected chi connectivity index (χ3v) is 2.33. The molecule has 3 N–H and O–H groups in total. The van der Waals surface area contributed by atoms with E-state index in [9.17, 15) is 4.39 Å². The molecule has 1 rings (SSSR count). The van der Waals surface area contributed by atoms with Crippen LogP contribution in [0, 0.1) is 12.7 Å². The highest BCUT2D eigenvalue weighted by molar-refractivity contribution is 7.80. The zero-order valence-corrected chi connectivity index (χ0v) is 11.9. The fourth-order valence-electron chi connectivity index (χ4n) is 1.25. The van der Waals surface area contributed by atoms with Crippen molar-refractivity contribution in [3.05, 3.63) is 35.1 Å². The first-order valence-corrected chi connectivity index (χ1v) is 6.42. The predicted molar refractivity (Wildman–Crippen MR) is 77.0 cm³/mol. The van der Waals surface area contributed by atoms with Crippen molar-refractivity contribution < 1.29 is 9.50 Å². The third-order valence-electron chi connectivity index (χ3n) is 2.04. The van der Waals surface area contributed by atoms with Gasteiger partial charge in [-0.2, -0.15) is 0 Å². The summed E-state index contributed by atoms with van der Waals surface area (Å²) >= 11 is 4.94. The molecule has 5 heteroatoms. The van der Waals surface area contributed by atoms with Crippen LogP contribution < -0.4 is 10.6 Å². The van der Waals surface area contributed by atoms with Crippen molar-refractivity contribution in [2.45, 2.75) is 27.3 Å². The molecule has 0 unspecified atom stereocenters. The molecule has 0 heterocycles. The van der Waals surface area contributed by atoms with Gasteiger partial charge in [-0.25, -0.2) is 4.39 Å². The van der Waals surface area contributed by atoms with E-state index in [1.54, 1.807) is 12.1 Å². The maximum Gasteiger partial charge on any atom is 0.166 e. The second-order valence-electron chi connectivity index (χ2n) is 3.43. The number of benzene rings is 1. The van der Waals surface area contributed by atoms with E-state index >= 15 is 0 Å². The van der Waals surface area contributed by atoms with E-state index in [2.05, 4.69) is 10.6 Å². The maximum atomic E-state index is 13.3. The molecule has 0 saturated heterocycles. The molecule has 0 spiro atoms. The Kier molecular flexibility index (Phi) is 9.14. The average Bonchev–Trinajstić information content (AvgIpc) is 2.39. The summed E-state index contributed by atoms with van der Waals surface area (Å²) < 4.78 is 13.3. The van der Waals surface area contributed by atoms with Crippen molar-refractivity contribution in [1.29, 1.82) is 0 Å². The summed E-state index contributed by atoms with van der Waals surface area (Å²) in [4.78, 5) is 0. The molecule has 102 valence electrons. The van der Waals surface area contributed by atoms with Crippen molar-refractivity contribution in [1.82, 2.24) is 10.6 Å². The number of aryl methyl sites for hydroxylation is 1. The fraction of sp³-hybridized carbons (Fsp3) is 0.462. The van der Waals surface area contributed by atoms with Crippen LogP contribution in [0.3, 0.4) is 0 Å². The first kappa shape index (κ1) is 16.8. The zero-order chi connectivity index (χ0) is 14.0. The van der Waals surface area contributed by atoms with Crippen LogP contribution in [0.15, 0.2) is 18.2 Å². The number of hydrogen-bond acceptors (Lipinski definition) is 2. The lowest BCUT2D eigenvalue weighted by atomic mass is 10.1. The molecule has 0 bridgehead atoms. The van der Waals surface area contributed by atoms with Crippen LogP contribution in [-0.2, 0) is 6.54 Å². The van der Waals surface area contributed by atoms with E-state index in [1.807, 2.05) is 20.8 Å². The normalized spacial score (nSPS) is 9.17. The van der Waals surface area contributed by atoms with E-state index in [1.165, 1.54) is 6.07 Å². The second-order valence-corrected chi connectivity index (χ2v) is 3.84. The van der Waals surface area contributed by atoms with Crippen LogP contribution in [0.4, 0.5) is 4.39 Å². The van der Waals surface area contributed by atoms with Crippen LogP contribution >= 0.6 is 12.2 Å². The molecular weight excluding hydrogens is 251 g/mol. The van der Waals surface area contributed by atoms with Crippen LogP contribution in [0.5, 0.6) is 0 Å². The van der Waals surface area contributed by atoms with Crippen molar-refractivity contribution >= 4 is 17.3 Å². The molecule has 0 aliphatic rings. The van der Waals surface area contributed by atoms with Gasteiger partial charge in [0.1, 0.15) is 5.82 Å². The van der Waals surface area contributed by atoms with Gasteiger partial charge in [0.15, 0.2) is 5.11 Å². The summed E-state index contributed by atoms with van der Waals surface area (Å²) in [5.41, 5.74) is 1.58. The van der Waals surface area contributed by atoms with E-state index < -0.39 is 0 Å². The zero-order valence-electron chi connectivity index (χ0n) is 11.1. The van der Waals surface area contributed by atoms with Crippen molar-refractivity contribution in [2.75, 3.05) is 13.2 Å². The van der Waals surface area contributed by atoms with E-state index in [4.69, 9.17) is 17.3 Å². The van der Waals surface area contributed by atoms with Gasteiger partial charge in [-0.1, -0.05) is 31.5 Å². The summed E-state index contributed by atoms with van der Waals surface area (Å²) in [5.74, 6) is -0.247. The van der Waals surface area contributed by atoms with E-state index in [0.717, 1.165) is 5.56 Å². The van der Waals surface area contributed by atoms with Crippen LogP contribution in [0.1, 0.15) is 25.0 Å². The molecule has 1 aromatic carbocycles. The summed E-state index contributed by atoms with van der Waals surface area (Å²) in [6.45, 7) is 6.65. The van der Waals surface area contributed by atoms with Gasteiger partial charge < -0.3 is 15.7 Å². The highest BCUT2D eigenvalue weighted by Crippen LogP contribution is 2.09. The lowest BCUT2D eigenvalue weighted by molar-refractivity contribution is 0.300. The minimum Gasteiger partial charge on any atom is -0.395 e. The molecule has 3 nitrogen and oxygen atoms in total. The number of aliphatic hydroxyl groups is 1. The topological polar surface area (TPSA) is 44.3 Å². The highest BCUT2D eigenvalue weighted by Gasteiger charge is 2.02. The summed E-state index contributed by atoms with van der Waals surface area (Å²) in [6.07, 6.45) is 0. The highest BCUT2D eigenvalue weighted by atomic mass is 32.1. The molecule has 0 aliphatic carbocycles. The number of thiocarbonyl (C=S) groups is 1. The van der Waals surface area contributed by atoms with Gasteiger partial charge in [0.05, 0.1) is 6.61 Å². The van der Waals surface area contributed by atoms with Gasteiger partial charge in [-0.3, -0.25) is 0 Å². The van der Waals surface area contributed by atoms with Gasteiger partial charge in [0.2, 0.25) is 0 Å². The SMILES string of the molecule is CC.Cc1ccc(F)c(CNC(=S)NCCO)c1. The largest absolute Gasteiger partial charge is 0.395 e. The Morgan fingerprint density at radius 2 is 2.00 bits per heavy atom. The standard InChI is InChI=1S/C11H15FN2OS.C2H6/c1-8-2-3-10(12)9(6-8)7-14-11(16)13-4-5-15;1-2/h2-3,6,15H,4-5,7H2,1H3,(H2,13,14,16);1-2H3. The molecule has 0 radical (unpaired) electrons. The van der Waals surface area contributed by atoms with Crippen LogP contribution in [-0.4, -0.2) is 23.4 Å². The van der Waals surface area contributed by atoms with Gasteiger partial charge in [-0.05, 0) is 25.2 Å². The molecule has 0 aromatic heterocycles. The summed E-state index contributed by atoms with van der Waals surface area (Å²) in [6, 6.07) is 4.94. The minimum absolute atomic E-state index is 0.0145. The van der Waals surface area contributed by atoms with Crippen LogP contribution in [0.2, 0.25) is 0 Å². The van der Waals surface area contributed by atoms with E-state index in [-0.39, 0.29) is 12.4 Å². The molecule has 0 fully saturated rings. The third kappa shape index (κ3) is 6.51. The Hall–Kier alpha value is -1.20. The monoisotopic (exact) mass is 272 g/mol. The Labute approximate surface area is 113 Å². The number of hydrogen-bond donors (Lipinski definition) is 3. The van der Waals surface area contributed by atoms with Crippen molar-refractivity contribution in [3.8, 4) is 0 Å². The Balaban J connectivity index is 0.00000137. The van der Waals surface area contributed by atoms with Gasteiger partial charge in [0, 0.05) is 18.7 Å². The smallest absolute Gasteiger partial charge is 0.166 e. The Morgan fingerprint density at radius 3 is 2.61 bits per heavy atom. The summed E-state index contributed by atoms with van der Waals surface area (Å²) in [7, 11) is 0. The van der Waals surface area contributed by atoms with Crippen molar-refractivity contribution in [2.24, 2.45) is 0 Å². The van der Waals surface area contributed by atoms with Crippen LogP contribution in [0.25, 0.3) is 0 Å². The predicted octanol–water partition coefficient (Wildman–Crippen LogP) is 2.12. The number of aliphatic hydroxyl groups excluding tert-OH is 1. The minimum atomic E-state index is -0.247. The maximum absolute atomic E-state index is 13.3. The first-order chi connectivity index (χ1) is 8.63. The number of halogens is 1.